The van der Waals surface area contributed by atoms with Crippen LogP contribution in [0.3, 0.4) is 0 Å². The Bertz CT molecular complexity index is 1250. The minimum absolute atomic E-state index is 0.0248. The minimum atomic E-state index is -0.928. The van der Waals surface area contributed by atoms with Crippen molar-refractivity contribution in [3.8, 4) is 0 Å². The molecule has 50 heavy (non-hydrogen) atoms. The third-order valence-electron chi connectivity index (χ3n) is 14.5. The van der Waals surface area contributed by atoms with Gasteiger partial charge in [-0.1, -0.05) is 66.2 Å². The van der Waals surface area contributed by atoms with E-state index in [1.165, 1.54) is 76.2 Å². The highest BCUT2D eigenvalue weighted by Crippen LogP contribution is 2.73. The molecule has 5 aliphatic rings. The van der Waals surface area contributed by atoms with Crippen molar-refractivity contribution in [3.63, 3.8) is 0 Å². The fourth-order valence-electron chi connectivity index (χ4n) is 12.4. The molecule has 6 rings (SSSR count). The Hall–Kier alpha value is -2.22. The van der Waals surface area contributed by atoms with Crippen molar-refractivity contribution in [1.82, 2.24) is 5.32 Å². The number of hydrogen-bond acceptors (Lipinski definition) is 5. The van der Waals surface area contributed by atoms with E-state index in [2.05, 4.69) is 51.4 Å². The molecule has 0 bridgehead atoms. The van der Waals surface area contributed by atoms with Gasteiger partial charge in [0, 0.05) is 12.1 Å². The van der Waals surface area contributed by atoms with Crippen molar-refractivity contribution in [1.29, 1.82) is 0 Å². The zero-order valence-corrected chi connectivity index (χ0v) is 32.6. The summed E-state index contributed by atoms with van der Waals surface area (Å²) in [4.78, 5) is 21.2. The fourth-order valence-corrected chi connectivity index (χ4v) is 12.4. The van der Waals surface area contributed by atoms with E-state index < -0.39 is 6.10 Å². The van der Waals surface area contributed by atoms with E-state index in [-0.39, 0.29) is 37.0 Å². The minimum Gasteiger partial charge on any atom is -0.394 e. The monoisotopic (exact) mass is 697 g/mol. The van der Waals surface area contributed by atoms with Gasteiger partial charge in [0.25, 0.3) is 5.91 Å². The molecule has 7 nitrogen and oxygen atoms in total. The van der Waals surface area contributed by atoms with Crippen molar-refractivity contribution in [3.05, 3.63) is 48.0 Å². The Kier molecular flexibility index (Phi) is 15.2. The summed E-state index contributed by atoms with van der Waals surface area (Å²) in [5.74, 6) is 3.79. The Labute approximate surface area is 304 Å². The van der Waals surface area contributed by atoms with Crippen LogP contribution in [0.2, 0.25) is 0 Å². The van der Waals surface area contributed by atoms with Crippen molar-refractivity contribution < 1.29 is 24.9 Å². The molecule has 7 heteroatoms. The number of benzene rings is 1. The maximum atomic E-state index is 12.7. The molecule has 10 unspecified atom stereocenters. The lowest BCUT2D eigenvalue weighted by Crippen LogP contribution is -2.63. The number of nitrogens with one attached hydrogen (secondary N) is 1. The number of allylic oxidation sites excluding steroid dienone is 1. The highest BCUT2D eigenvalue weighted by Gasteiger charge is 2.66. The lowest BCUT2D eigenvalue weighted by Gasteiger charge is -2.69. The van der Waals surface area contributed by atoms with Gasteiger partial charge in [-0.25, -0.2) is 0 Å². The molecule has 1 aromatic carbocycles. The number of rotatable bonds is 7. The van der Waals surface area contributed by atoms with E-state index in [4.69, 9.17) is 9.90 Å². The molecule has 0 aromatic heterocycles. The predicted octanol–water partition coefficient (Wildman–Crippen LogP) is 7.85. The number of primary amides is 1. The molecular weight excluding hydrogens is 624 g/mol. The van der Waals surface area contributed by atoms with Gasteiger partial charge in [-0.05, 0) is 153 Å². The maximum absolute atomic E-state index is 12.7. The van der Waals surface area contributed by atoms with Gasteiger partial charge in [0.15, 0.2) is 0 Å². The first-order valence-corrected chi connectivity index (χ1v) is 19.8. The molecule has 0 spiro atoms. The number of aliphatic hydroxyl groups is 3. The summed E-state index contributed by atoms with van der Waals surface area (Å²) in [6.07, 6.45) is 17.6. The summed E-state index contributed by atoms with van der Waals surface area (Å²) in [6, 6.07) is 8.02. The quantitative estimate of drug-likeness (QED) is 0.146. The average Bonchev–Trinajstić information content (AvgIpc) is 3.54. The molecule has 0 radical (unpaired) electrons. The molecule has 10 atom stereocenters. The van der Waals surface area contributed by atoms with Crippen LogP contribution < -0.4 is 11.1 Å². The van der Waals surface area contributed by atoms with E-state index >= 15 is 0 Å². The van der Waals surface area contributed by atoms with Crippen molar-refractivity contribution in [2.45, 2.75) is 144 Å². The molecule has 284 valence electrons. The van der Waals surface area contributed by atoms with Crippen LogP contribution in [0.5, 0.6) is 0 Å². The number of carbonyl (C=O) groups is 2. The van der Waals surface area contributed by atoms with E-state index in [9.17, 15) is 15.0 Å². The molecule has 6 N–H and O–H groups in total. The van der Waals surface area contributed by atoms with E-state index in [1.54, 1.807) is 6.08 Å². The summed E-state index contributed by atoms with van der Waals surface area (Å²) >= 11 is 0. The zero-order chi connectivity index (χ0) is 37.3. The third-order valence-corrected chi connectivity index (χ3v) is 14.5. The summed E-state index contributed by atoms with van der Waals surface area (Å²) in [5, 5.41) is 32.4. The number of hydrogen-bond donors (Lipinski definition) is 5. The average molecular weight is 697 g/mol. The summed E-state index contributed by atoms with van der Waals surface area (Å²) in [6.45, 7) is 19.0. The number of nitrogens with two attached hydrogens (primary N) is 1. The number of aliphatic hydroxyl groups excluding tert-OH is 3. The highest BCUT2D eigenvalue weighted by molar-refractivity contribution is 5.94. The maximum Gasteiger partial charge on any atom is 0.251 e. The van der Waals surface area contributed by atoms with Gasteiger partial charge in [0.05, 0.1) is 18.8 Å². The molecule has 0 heterocycles. The van der Waals surface area contributed by atoms with Crippen LogP contribution in [0.15, 0.2) is 36.9 Å². The number of fused-ring (bicyclic) bond motifs is 7. The summed E-state index contributed by atoms with van der Waals surface area (Å²) in [7, 11) is 0. The predicted molar refractivity (Wildman–Crippen MR) is 204 cm³/mol. The van der Waals surface area contributed by atoms with Gasteiger partial charge in [0.2, 0.25) is 6.41 Å². The second kappa shape index (κ2) is 18.0. The summed E-state index contributed by atoms with van der Waals surface area (Å²) < 4.78 is 0. The molecule has 1 aromatic rings. The van der Waals surface area contributed by atoms with E-state index in [0.29, 0.717) is 27.7 Å². The second-order valence-electron chi connectivity index (χ2n) is 17.1. The van der Waals surface area contributed by atoms with Crippen molar-refractivity contribution in [2.24, 2.45) is 57.0 Å². The van der Waals surface area contributed by atoms with Gasteiger partial charge in [-0.15, -0.1) is 6.58 Å². The molecule has 5 fully saturated rings. The number of carbonyl (C=O) groups excluding carboxylic acids is 2. The normalized spacial score (nSPS) is 36.7. The molecule has 0 aliphatic heterocycles. The van der Waals surface area contributed by atoms with Crippen LogP contribution in [-0.2, 0) is 11.2 Å². The molecule has 2 amide bonds. The Balaban J connectivity index is 0.000000778. The van der Waals surface area contributed by atoms with Crippen LogP contribution in [0.25, 0.3) is 0 Å². The van der Waals surface area contributed by atoms with Gasteiger partial charge in [-0.3, -0.25) is 9.59 Å². The SMILES string of the molecule is C=CC.CC.CC1(C)C(O)CCC2(C)C1CCC1(C)C3CCC4(CCc5cccc(C(=O)NCC(O)CO)c5)CCCC4C3CCC12.NC=O. The van der Waals surface area contributed by atoms with Crippen molar-refractivity contribution in [2.75, 3.05) is 13.2 Å². The molecule has 5 saturated carbocycles. The Morgan fingerprint density at radius 3 is 2.30 bits per heavy atom. The lowest BCUT2D eigenvalue weighted by atomic mass is 9.36. The third kappa shape index (κ3) is 8.36. The molecular formula is C43H72N2O5. The zero-order valence-electron chi connectivity index (χ0n) is 32.6. The Morgan fingerprint density at radius 1 is 0.980 bits per heavy atom. The topological polar surface area (TPSA) is 133 Å². The van der Waals surface area contributed by atoms with Crippen molar-refractivity contribution >= 4 is 12.3 Å². The van der Waals surface area contributed by atoms with Gasteiger partial charge in [-0.2, -0.15) is 0 Å². The Morgan fingerprint density at radius 2 is 1.64 bits per heavy atom. The number of amides is 2. The first-order valence-electron chi connectivity index (χ1n) is 19.8. The summed E-state index contributed by atoms with van der Waals surface area (Å²) in [5.41, 5.74) is 7.31. The van der Waals surface area contributed by atoms with Crippen LogP contribution >= 0.6 is 0 Å². The fraction of sp³-hybridized carbons (Fsp3) is 0.767. The second-order valence-corrected chi connectivity index (χ2v) is 17.1. The van der Waals surface area contributed by atoms with E-state index in [0.717, 1.165) is 36.5 Å². The lowest BCUT2D eigenvalue weighted by molar-refractivity contribution is -0.214. The van der Waals surface area contributed by atoms with Crippen LogP contribution in [0.1, 0.15) is 141 Å². The van der Waals surface area contributed by atoms with Gasteiger partial charge < -0.3 is 26.4 Å². The molecule has 0 saturated heterocycles. The standard InChI is InChI=1S/C37H57NO4.C3H6.C2H6.CH3NO/c1-34(2)30-14-17-35(3)28-13-20-37(19-12-24-7-5-8-25(21-24)33(42)38-22-26(40)23-39)16-6-9-29(37)27(28)10-11-31(35)36(30,4)18-15-32(34)41;1-3-2;1-2;2-1-3/h5,7-8,21,26-32,39-41H,6,9-20,22-23H2,1-4H3,(H,38,42);3H,1H2,2H3;1-2H3;1H,(H2,2,3). The van der Waals surface area contributed by atoms with Gasteiger partial charge >= 0.3 is 0 Å². The largest absolute Gasteiger partial charge is 0.394 e. The van der Waals surface area contributed by atoms with Crippen LogP contribution in [0, 0.1) is 51.2 Å². The smallest absolute Gasteiger partial charge is 0.251 e. The first kappa shape index (κ1) is 42.2. The van der Waals surface area contributed by atoms with Crippen LogP contribution in [-0.4, -0.2) is 53.0 Å². The van der Waals surface area contributed by atoms with E-state index in [1.807, 2.05) is 39.0 Å². The molecule has 5 aliphatic carbocycles. The number of aryl methyl sites for hydroxylation is 1. The van der Waals surface area contributed by atoms with Gasteiger partial charge in [0.1, 0.15) is 0 Å². The first-order chi connectivity index (χ1) is 23.8. The van der Waals surface area contributed by atoms with Crippen LogP contribution in [0.4, 0.5) is 0 Å². The highest BCUT2D eigenvalue weighted by atomic mass is 16.3.